The fraction of sp³-hybridized carbons (Fsp3) is 0.417. The molecule has 0 bridgehead atoms. The molecule has 1 rings (SSSR count). The van der Waals surface area contributed by atoms with Gasteiger partial charge >= 0.3 is 6.18 Å². The zero-order valence-electron chi connectivity index (χ0n) is 9.96. The lowest BCUT2D eigenvalue weighted by molar-refractivity contribution is -0.137. The maximum Gasteiger partial charge on any atom is 0.416 e. The van der Waals surface area contributed by atoms with Crippen LogP contribution >= 0.6 is 11.6 Å². The van der Waals surface area contributed by atoms with Gasteiger partial charge in [-0.15, -0.1) is 0 Å². The zero-order valence-corrected chi connectivity index (χ0v) is 10.7. The Labute approximate surface area is 108 Å². The fourth-order valence-electron chi connectivity index (χ4n) is 1.47. The molecule has 0 aliphatic carbocycles. The van der Waals surface area contributed by atoms with Crippen LogP contribution in [0.4, 0.5) is 13.2 Å². The topological polar surface area (TPSA) is 20.3 Å². The number of halogens is 4. The molecule has 2 nitrogen and oxygen atoms in total. The van der Waals surface area contributed by atoms with Crippen LogP contribution in [-0.2, 0) is 17.4 Å². The molecule has 100 valence electrons. The van der Waals surface area contributed by atoms with Gasteiger partial charge in [-0.25, -0.2) is 0 Å². The third-order valence-corrected chi connectivity index (χ3v) is 3.12. The van der Waals surface area contributed by atoms with Gasteiger partial charge in [0.05, 0.1) is 5.56 Å². The highest BCUT2D eigenvalue weighted by molar-refractivity contribution is 6.31. The zero-order chi connectivity index (χ0) is 13.9. The van der Waals surface area contributed by atoms with E-state index in [9.17, 15) is 18.0 Å². The van der Waals surface area contributed by atoms with E-state index >= 15 is 0 Å². The second-order valence-corrected chi connectivity index (χ2v) is 4.54. The van der Waals surface area contributed by atoms with E-state index < -0.39 is 11.7 Å². The molecule has 1 aromatic rings. The molecule has 0 saturated heterocycles. The van der Waals surface area contributed by atoms with Crippen LogP contribution in [0.25, 0.3) is 0 Å². The van der Waals surface area contributed by atoms with Gasteiger partial charge in [0.15, 0.2) is 0 Å². The van der Waals surface area contributed by atoms with Crippen LogP contribution in [-0.4, -0.2) is 24.4 Å². The van der Waals surface area contributed by atoms with Crippen LogP contribution in [0, 0.1) is 0 Å². The third-order valence-electron chi connectivity index (χ3n) is 2.75. The minimum absolute atomic E-state index is 0.219. The molecule has 0 fully saturated rings. The average Bonchev–Trinajstić information content (AvgIpc) is 2.29. The predicted molar refractivity (Wildman–Crippen MR) is 63.4 cm³/mol. The van der Waals surface area contributed by atoms with Gasteiger partial charge < -0.3 is 4.90 Å². The maximum absolute atomic E-state index is 12.6. The molecule has 1 amide bonds. The summed E-state index contributed by atoms with van der Waals surface area (Å²) in [4.78, 5) is 11.9. The van der Waals surface area contributed by atoms with E-state index in [0.717, 1.165) is 12.1 Å². The molecule has 18 heavy (non-hydrogen) atoms. The van der Waals surface area contributed by atoms with Crippen molar-refractivity contribution in [2.24, 2.45) is 0 Å². The van der Waals surface area contributed by atoms with Gasteiger partial charge in [0.1, 0.15) is 0 Å². The number of hydrogen-bond donors (Lipinski definition) is 0. The number of nitrogens with zero attached hydrogens (tertiary/aromatic N) is 1. The van der Waals surface area contributed by atoms with Gasteiger partial charge in [-0.05, 0) is 37.1 Å². The van der Waals surface area contributed by atoms with Gasteiger partial charge in [0.2, 0.25) is 6.41 Å². The second kappa shape index (κ2) is 5.61. The van der Waals surface area contributed by atoms with E-state index in [1.165, 1.54) is 11.0 Å². The lowest BCUT2D eigenvalue weighted by Crippen LogP contribution is -2.29. The minimum atomic E-state index is -4.39. The maximum atomic E-state index is 12.6. The molecule has 1 unspecified atom stereocenters. The Morgan fingerprint density at radius 1 is 1.44 bits per heavy atom. The summed E-state index contributed by atoms with van der Waals surface area (Å²) < 4.78 is 37.7. The average molecular weight is 280 g/mol. The van der Waals surface area contributed by atoms with Gasteiger partial charge in [-0.3, -0.25) is 4.79 Å². The molecule has 0 heterocycles. The summed E-state index contributed by atoms with van der Waals surface area (Å²) in [7, 11) is 1.57. The number of alkyl halides is 3. The number of benzene rings is 1. The molecule has 0 aliphatic rings. The summed E-state index contributed by atoms with van der Waals surface area (Å²) in [5, 5.41) is 0.272. The first-order chi connectivity index (χ1) is 8.25. The van der Waals surface area contributed by atoms with Crippen LogP contribution in [0.1, 0.15) is 18.1 Å². The quantitative estimate of drug-likeness (QED) is 0.774. The number of likely N-dealkylation sites (N-methyl/N-ethyl adjacent to an activating group) is 1. The van der Waals surface area contributed by atoms with Crippen LogP contribution in [0.3, 0.4) is 0 Å². The molecule has 1 aromatic carbocycles. The summed E-state index contributed by atoms with van der Waals surface area (Å²) in [5.41, 5.74) is -0.351. The first kappa shape index (κ1) is 14.8. The van der Waals surface area contributed by atoms with E-state index in [2.05, 4.69) is 0 Å². The lowest BCUT2D eigenvalue weighted by atomic mass is 10.0. The molecule has 0 saturated carbocycles. The third kappa shape index (κ3) is 3.63. The van der Waals surface area contributed by atoms with E-state index in [0.29, 0.717) is 12.0 Å². The van der Waals surface area contributed by atoms with Crippen molar-refractivity contribution in [1.82, 2.24) is 4.90 Å². The van der Waals surface area contributed by atoms with Crippen molar-refractivity contribution in [2.45, 2.75) is 25.6 Å². The van der Waals surface area contributed by atoms with E-state index in [1.807, 2.05) is 0 Å². The monoisotopic (exact) mass is 279 g/mol. The number of carbonyl (C=O) groups excluding carboxylic acids is 1. The van der Waals surface area contributed by atoms with Crippen molar-refractivity contribution in [3.63, 3.8) is 0 Å². The minimum Gasteiger partial charge on any atom is -0.345 e. The number of rotatable bonds is 4. The molecule has 0 aliphatic heterocycles. The fourth-order valence-corrected chi connectivity index (χ4v) is 1.67. The number of amides is 1. The van der Waals surface area contributed by atoms with Crippen molar-refractivity contribution < 1.29 is 18.0 Å². The molecule has 0 radical (unpaired) electrons. The van der Waals surface area contributed by atoms with Crippen LogP contribution in [0.15, 0.2) is 18.2 Å². The lowest BCUT2D eigenvalue weighted by Gasteiger charge is -2.21. The van der Waals surface area contributed by atoms with Crippen LogP contribution in [0.5, 0.6) is 0 Å². The SMILES string of the molecule is CC(Cc1cc(C(F)(F)F)ccc1Cl)N(C)C=O. The van der Waals surface area contributed by atoms with Crippen molar-refractivity contribution in [1.29, 1.82) is 0 Å². The Hall–Kier alpha value is -1.23. The summed E-state index contributed by atoms with van der Waals surface area (Å²) in [5.74, 6) is 0. The molecule has 6 heteroatoms. The summed E-state index contributed by atoms with van der Waals surface area (Å²) in [6.45, 7) is 1.74. The van der Waals surface area contributed by atoms with Crippen molar-refractivity contribution in [3.8, 4) is 0 Å². The predicted octanol–water partition coefficient (Wildman–Crippen LogP) is 3.38. The molecular formula is C12H13ClF3NO. The number of carbonyl (C=O) groups is 1. The van der Waals surface area contributed by atoms with Gasteiger partial charge in [-0.1, -0.05) is 11.6 Å². The Morgan fingerprint density at radius 3 is 2.56 bits per heavy atom. The van der Waals surface area contributed by atoms with Gasteiger partial charge in [-0.2, -0.15) is 13.2 Å². The van der Waals surface area contributed by atoms with Crippen LogP contribution in [0.2, 0.25) is 5.02 Å². The van der Waals surface area contributed by atoms with Crippen molar-refractivity contribution >= 4 is 18.0 Å². The highest BCUT2D eigenvalue weighted by Crippen LogP contribution is 2.32. The first-order valence-electron chi connectivity index (χ1n) is 5.28. The largest absolute Gasteiger partial charge is 0.416 e. The van der Waals surface area contributed by atoms with Gasteiger partial charge in [0, 0.05) is 18.1 Å². The smallest absolute Gasteiger partial charge is 0.345 e. The summed E-state index contributed by atoms with van der Waals surface area (Å²) >= 11 is 5.86. The van der Waals surface area contributed by atoms with Gasteiger partial charge in [0.25, 0.3) is 0 Å². The first-order valence-corrected chi connectivity index (χ1v) is 5.66. The summed E-state index contributed by atoms with van der Waals surface area (Å²) in [6, 6.07) is 2.98. The van der Waals surface area contributed by atoms with E-state index in [1.54, 1.807) is 14.0 Å². The molecular weight excluding hydrogens is 267 g/mol. The van der Waals surface area contributed by atoms with Crippen LogP contribution < -0.4 is 0 Å². The van der Waals surface area contributed by atoms with Crippen molar-refractivity contribution in [3.05, 3.63) is 34.3 Å². The Morgan fingerprint density at radius 2 is 2.06 bits per heavy atom. The van der Waals surface area contributed by atoms with E-state index in [-0.39, 0.29) is 17.5 Å². The molecule has 0 N–H and O–H groups in total. The highest BCUT2D eigenvalue weighted by Gasteiger charge is 2.31. The standard InChI is InChI=1S/C12H13ClF3NO/c1-8(17(2)7-18)5-9-6-10(12(14,15)16)3-4-11(9)13/h3-4,6-8H,5H2,1-2H3. The Balaban J connectivity index is 2.98. The Kier molecular flexibility index (Phi) is 4.62. The number of hydrogen-bond acceptors (Lipinski definition) is 1. The van der Waals surface area contributed by atoms with Crippen molar-refractivity contribution in [2.75, 3.05) is 7.05 Å². The molecule has 1 atom stereocenters. The van der Waals surface area contributed by atoms with E-state index in [4.69, 9.17) is 11.6 Å². The highest BCUT2D eigenvalue weighted by atomic mass is 35.5. The Bertz CT molecular complexity index is 434. The molecule has 0 aromatic heterocycles. The molecule has 0 spiro atoms. The second-order valence-electron chi connectivity index (χ2n) is 4.13. The summed E-state index contributed by atoms with van der Waals surface area (Å²) in [6.07, 6.45) is -3.48. The normalized spacial score (nSPS) is 13.2.